The van der Waals surface area contributed by atoms with Crippen LogP contribution in [0.2, 0.25) is 0 Å². The van der Waals surface area contributed by atoms with E-state index in [4.69, 9.17) is 0 Å². The molecule has 0 amide bonds. The SMILES string of the molecule is CSCC1=N[CH]CN1. The third kappa shape index (κ3) is 1.40. The summed E-state index contributed by atoms with van der Waals surface area (Å²) in [6, 6.07) is 0. The van der Waals surface area contributed by atoms with Gasteiger partial charge in [0, 0.05) is 6.54 Å². The molecular formula is C5H9N2S. The lowest BCUT2D eigenvalue weighted by atomic mass is 10.7. The molecule has 2 nitrogen and oxygen atoms in total. The predicted molar refractivity (Wildman–Crippen MR) is 38.1 cm³/mol. The topological polar surface area (TPSA) is 24.4 Å². The average Bonchev–Trinajstić information content (AvgIpc) is 2.19. The number of hydrogen-bond acceptors (Lipinski definition) is 3. The van der Waals surface area contributed by atoms with Gasteiger partial charge in [-0.25, -0.2) is 0 Å². The zero-order chi connectivity index (χ0) is 5.82. The second-order valence-corrected chi connectivity index (χ2v) is 2.44. The van der Waals surface area contributed by atoms with Crippen molar-refractivity contribution < 1.29 is 0 Å². The van der Waals surface area contributed by atoms with Crippen molar-refractivity contribution in [2.24, 2.45) is 4.99 Å². The van der Waals surface area contributed by atoms with Gasteiger partial charge in [0.25, 0.3) is 0 Å². The molecule has 1 heterocycles. The number of thioether (sulfide) groups is 1. The van der Waals surface area contributed by atoms with E-state index >= 15 is 0 Å². The Morgan fingerprint density at radius 3 is 3.38 bits per heavy atom. The summed E-state index contributed by atoms with van der Waals surface area (Å²) >= 11 is 1.79. The quantitative estimate of drug-likeness (QED) is 0.587. The molecule has 0 aromatic rings. The minimum atomic E-state index is 0.913. The van der Waals surface area contributed by atoms with Crippen LogP contribution in [0.5, 0.6) is 0 Å². The molecule has 0 bridgehead atoms. The molecule has 1 aliphatic heterocycles. The monoisotopic (exact) mass is 129 g/mol. The Bertz CT molecular complexity index is 101. The second kappa shape index (κ2) is 2.97. The highest BCUT2D eigenvalue weighted by molar-refractivity contribution is 7.99. The Morgan fingerprint density at radius 1 is 2.00 bits per heavy atom. The van der Waals surface area contributed by atoms with Gasteiger partial charge in [-0.1, -0.05) is 0 Å². The fraction of sp³-hybridized carbons (Fsp3) is 0.600. The summed E-state index contributed by atoms with van der Waals surface area (Å²) in [7, 11) is 0. The molecule has 1 rings (SSSR count). The number of rotatable bonds is 2. The van der Waals surface area contributed by atoms with Gasteiger partial charge in [0.05, 0.1) is 12.3 Å². The highest BCUT2D eigenvalue weighted by Gasteiger charge is 2.01. The Balaban J connectivity index is 2.23. The van der Waals surface area contributed by atoms with Gasteiger partial charge >= 0.3 is 0 Å². The normalized spacial score (nSPS) is 17.9. The third-order valence-electron chi connectivity index (χ3n) is 0.926. The molecular weight excluding hydrogens is 120 g/mol. The summed E-state index contributed by atoms with van der Waals surface area (Å²) in [6.45, 7) is 2.81. The van der Waals surface area contributed by atoms with Crippen molar-refractivity contribution in [1.29, 1.82) is 0 Å². The highest BCUT2D eigenvalue weighted by atomic mass is 32.2. The Kier molecular flexibility index (Phi) is 2.21. The van der Waals surface area contributed by atoms with E-state index in [9.17, 15) is 0 Å². The van der Waals surface area contributed by atoms with E-state index in [1.54, 1.807) is 11.8 Å². The lowest BCUT2D eigenvalue weighted by Crippen LogP contribution is -2.19. The third-order valence-corrected chi connectivity index (χ3v) is 1.49. The maximum atomic E-state index is 4.09. The van der Waals surface area contributed by atoms with Crippen LogP contribution in [0.15, 0.2) is 4.99 Å². The van der Waals surface area contributed by atoms with Gasteiger partial charge in [0.1, 0.15) is 5.84 Å². The first kappa shape index (κ1) is 5.95. The van der Waals surface area contributed by atoms with Gasteiger partial charge in [0.2, 0.25) is 0 Å². The Hall–Kier alpha value is -0.180. The molecule has 0 unspecified atom stereocenters. The summed E-state index contributed by atoms with van der Waals surface area (Å²) in [6.07, 6.45) is 2.07. The van der Waals surface area contributed by atoms with Crippen molar-refractivity contribution in [3.05, 3.63) is 6.54 Å². The minimum absolute atomic E-state index is 0.913. The van der Waals surface area contributed by atoms with E-state index in [0.29, 0.717) is 0 Å². The van der Waals surface area contributed by atoms with Crippen LogP contribution in [0, 0.1) is 6.54 Å². The zero-order valence-electron chi connectivity index (χ0n) is 4.85. The molecule has 0 atom stereocenters. The summed E-state index contributed by atoms with van der Waals surface area (Å²) in [5.74, 6) is 2.12. The number of hydrogen-bond donors (Lipinski definition) is 1. The molecule has 1 N–H and O–H groups in total. The van der Waals surface area contributed by atoms with Gasteiger partial charge in [-0.05, 0) is 6.26 Å². The summed E-state index contributed by atoms with van der Waals surface area (Å²) in [5.41, 5.74) is 0. The molecule has 0 aliphatic carbocycles. The molecule has 0 spiro atoms. The molecule has 1 radical (unpaired) electrons. The van der Waals surface area contributed by atoms with Crippen molar-refractivity contribution in [2.45, 2.75) is 0 Å². The van der Waals surface area contributed by atoms with Crippen molar-refractivity contribution in [3.8, 4) is 0 Å². The molecule has 3 heteroatoms. The second-order valence-electron chi connectivity index (χ2n) is 1.57. The number of nitrogens with one attached hydrogen (secondary N) is 1. The first-order chi connectivity index (χ1) is 3.93. The number of nitrogens with zero attached hydrogens (tertiary/aromatic N) is 1. The van der Waals surface area contributed by atoms with Gasteiger partial charge in [0.15, 0.2) is 0 Å². The minimum Gasteiger partial charge on any atom is -0.371 e. The zero-order valence-corrected chi connectivity index (χ0v) is 5.66. The molecule has 0 aromatic heterocycles. The van der Waals surface area contributed by atoms with Crippen molar-refractivity contribution in [2.75, 3.05) is 18.6 Å². The first-order valence-electron chi connectivity index (χ1n) is 2.54. The van der Waals surface area contributed by atoms with Crippen LogP contribution in [-0.4, -0.2) is 24.4 Å². The number of amidine groups is 1. The van der Waals surface area contributed by atoms with Crippen LogP contribution >= 0.6 is 11.8 Å². The van der Waals surface area contributed by atoms with Crippen molar-refractivity contribution in [1.82, 2.24) is 5.32 Å². The first-order valence-corrected chi connectivity index (χ1v) is 3.94. The summed E-state index contributed by atoms with van der Waals surface area (Å²) in [4.78, 5) is 4.09. The Morgan fingerprint density at radius 2 is 2.88 bits per heavy atom. The van der Waals surface area contributed by atoms with E-state index in [2.05, 4.69) is 16.6 Å². The molecule has 0 saturated carbocycles. The van der Waals surface area contributed by atoms with Crippen LogP contribution in [-0.2, 0) is 0 Å². The van der Waals surface area contributed by atoms with E-state index in [-0.39, 0.29) is 0 Å². The molecule has 0 fully saturated rings. The maximum absolute atomic E-state index is 4.09. The van der Waals surface area contributed by atoms with Crippen LogP contribution in [0.4, 0.5) is 0 Å². The van der Waals surface area contributed by atoms with Crippen LogP contribution in [0.1, 0.15) is 0 Å². The van der Waals surface area contributed by atoms with Gasteiger partial charge in [-0.2, -0.15) is 11.8 Å². The molecule has 8 heavy (non-hydrogen) atoms. The van der Waals surface area contributed by atoms with Crippen LogP contribution in [0.25, 0.3) is 0 Å². The van der Waals surface area contributed by atoms with E-state index in [1.165, 1.54) is 0 Å². The smallest absolute Gasteiger partial charge is 0.107 e. The lowest BCUT2D eigenvalue weighted by molar-refractivity contribution is 1.04. The summed E-state index contributed by atoms with van der Waals surface area (Å²) in [5, 5.41) is 3.13. The van der Waals surface area contributed by atoms with Gasteiger partial charge in [-0.15, -0.1) is 0 Å². The highest BCUT2D eigenvalue weighted by Crippen LogP contribution is 1.96. The van der Waals surface area contributed by atoms with Crippen LogP contribution < -0.4 is 5.32 Å². The van der Waals surface area contributed by atoms with Gasteiger partial charge in [-0.3, -0.25) is 4.99 Å². The standard InChI is InChI=1S/C5H9N2S/c1-8-4-5-6-2-3-7-5/h2H,3-4H2,1H3,(H,6,7). The molecule has 1 aliphatic rings. The predicted octanol–water partition coefficient (Wildman–Crippen LogP) is 0.513. The van der Waals surface area contributed by atoms with E-state index in [0.717, 1.165) is 18.1 Å². The largest absolute Gasteiger partial charge is 0.371 e. The average molecular weight is 129 g/mol. The lowest BCUT2D eigenvalue weighted by Gasteiger charge is -1.95. The maximum Gasteiger partial charge on any atom is 0.107 e. The summed E-state index contributed by atoms with van der Waals surface area (Å²) < 4.78 is 0. The van der Waals surface area contributed by atoms with Gasteiger partial charge < -0.3 is 5.32 Å². The molecule has 0 saturated heterocycles. The molecule has 45 valence electrons. The fourth-order valence-corrected chi connectivity index (χ4v) is 1.04. The van der Waals surface area contributed by atoms with E-state index in [1.807, 2.05) is 6.54 Å². The molecule has 0 aromatic carbocycles. The van der Waals surface area contributed by atoms with E-state index < -0.39 is 0 Å². The number of aliphatic imine (C=N–C) groups is 1. The Labute approximate surface area is 53.8 Å². The van der Waals surface area contributed by atoms with Crippen molar-refractivity contribution in [3.63, 3.8) is 0 Å². The van der Waals surface area contributed by atoms with Crippen molar-refractivity contribution >= 4 is 17.6 Å². The van der Waals surface area contributed by atoms with Crippen LogP contribution in [0.3, 0.4) is 0 Å². The fourth-order valence-electron chi connectivity index (χ4n) is 0.590.